The van der Waals surface area contributed by atoms with Gasteiger partial charge in [-0.2, -0.15) is 0 Å². The van der Waals surface area contributed by atoms with E-state index in [1.165, 1.54) is 0 Å². The van der Waals surface area contributed by atoms with E-state index in [0.29, 0.717) is 22.9 Å². The fourth-order valence-electron chi connectivity index (χ4n) is 1.94. The number of hydrogen-bond acceptors (Lipinski definition) is 2. The summed E-state index contributed by atoms with van der Waals surface area (Å²) in [6, 6.07) is 1.85. The predicted octanol–water partition coefficient (Wildman–Crippen LogP) is 3.32. The van der Waals surface area contributed by atoms with Gasteiger partial charge in [0.25, 0.3) is 5.91 Å². The summed E-state index contributed by atoms with van der Waals surface area (Å²) in [5, 5.41) is 2.95. The minimum absolute atomic E-state index is 0.0541. The molecule has 1 rings (SSSR count). The van der Waals surface area contributed by atoms with Gasteiger partial charge in [0.05, 0.1) is 5.56 Å². The minimum atomic E-state index is -0.0541. The molecule has 1 aromatic rings. The Morgan fingerprint density at radius 3 is 2.61 bits per heavy atom. The fraction of sp³-hybridized carbons (Fsp3) is 0.571. The Hall–Kier alpha value is -0.900. The summed E-state index contributed by atoms with van der Waals surface area (Å²) in [6.45, 7) is 6.93. The van der Waals surface area contributed by atoms with Crippen molar-refractivity contribution in [2.75, 3.05) is 6.54 Å². The van der Waals surface area contributed by atoms with Gasteiger partial charge < -0.3 is 5.32 Å². The average Bonchev–Trinajstić information content (AvgIpc) is 2.37. The van der Waals surface area contributed by atoms with Crippen molar-refractivity contribution in [2.24, 2.45) is 5.92 Å². The maximum Gasteiger partial charge on any atom is 0.252 e. The standard InChI is InChI=1S/C14H21BrN2O/c1-4-11(5-2)13(15)9-17-14(18)12-6-10(3)7-16-8-12/h6-8,11,13H,4-5,9H2,1-3H3,(H,17,18). The van der Waals surface area contributed by atoms with Crippen LogP contribution in [0, 0.1) is 12.8 Å². The molecular formula is C14H21BrN2O. The van der Waals surface area contributed by atoms with Gasteiger partial charge in [-0.15, -0.1) is 0 Å². The molecule has 1 heterocycles. The van der Waals surface area contributed by atoms with Crippen LogP contribution in [0.4, 0.5) is 0 Å². The lowest BCUT2D eigenvalue weighted by Gasteiger charge is -2.19. The molecule has 100 valence electrons. The smallest absolute Gasteiger partial charge is 0.252 e. The second-order valence-corrected chi connectivity index (χ2v) is 5.73. The Morgan fingerprint density at radius 2 is 2.06 bits per heavy atom. The Balaban J connectivity index is 2.51. The lowest BCUT2D eigenvalue weighted by atomic mass is 9.99. The van der Waals surface area contributed by atoms with Gasteiger partial charge in [-0.1, -0.05) is 42.6 Å². The van der Waals surface area contributed by atoms with Crippen LogP contribution in [0.5, 0.6) is 0 Å². The second kappa shape index (κ2) is 7.52. The zero-order valence-electron chi connectivity index (χ0n) is 11.2. The summed E-state index contributed by atoms with van der Waals surface area (Å²) in [5.41, 5.74) is 1.62. The zero-order valence-corrected chi connectivity index (χ0v) is 12.8. The van der Waals surface area contributed by atoms with Gasteiger partial charge in [0, 0.05) is 23.8 Å². The van der Waals surface area contributed by atoms with E-state index in [2.05, 4.69) is 40.1 Å². The maximum atomic E-state index is 11.9. The van der Waals surface area contributed by atoms with Gasteiger partial charge in [-0.25, -0.2) is 0 Å². The molecule has 0 bridgehead atoms. The van der Waals surface area contributed by atoms with Crippen molar-refractivity contribution in [2.45, 2.75) is 38.4 Å². The van der Waals surface area contributed by atoms with Crippen LogP contribution in [0.25, 0.3) is 0 Å². The van der Waals surface area contributed by atoms with Gasteiger partial charge >= 0.3 is 0 Å². The van der Waals surface area contributed by atoms with Crippen molar-refractivity contribution < 1.29 is 4.79 Å². The van der Waals surface area contributed by atoms with Crippen molar-refractivity contribution in [1.29, 1.82) is 0 Å². The molecule has 3 nitrogen and oxygen atoms in total. The van der Waals surface area contributed by atoms with Crippen molar-refractivity contribution in [1.82, 2.24) is 10.3 Å². The number of pyridine rings is 1. The molecule has 18 heavy (non-hydrogen) atoms. The number of rotatable bonds is 6. The van der Waals surface area contributed by atoms with E-state index in [9.17, 15) is 4.79 Å². The van der Waals surface area contributed by atoms with E-state index in [0.717, 1.165) is 18.4 Å². The quantitative estimate of drug-likeness (QED) is 0.819. The van der Waals surface area contributed by atoms with Gasteiger partial charge in [-0.05, 0) is 24.5 Å². The zero-order chi connectivity index (χ0) is 13.5. The van der Waals surface area contributed by atoms with Crippen LogP contribution in [-0.4, -0.2) is 22.3 Å². The third-order valence-electron chi connectivity index (χ3n) is 3.16. The van der Waals surface area contributed by atoms with E-state index in [-0.39, 0.29) is 5.91 Å². The van der Waals surface area contributed by atoms with Crippen molar-refractivity contribution in [3.05, 3.63) is 29.6 Å². The van der Waals surface area contributed by atoms with Crippen LogP contribution in [0.15, 0.2) is 18.5 Å². The van der Waals surface area contributed by atoms with E-state index in [1.54, 1.807) is 12.4 Å². The summed E-state index contributed by atoms with van der Waals surface area (Å²) in [4.78, 5) is 16.3. The van der Waals surface area contributed by atoms with Crippen LogP contribution in [0.1, 0.15) is 42.6 Å². The van der Waals surface area contributed by atoms with E-state index < -0.39 is 0 Å². The highest BCUT2D eigenvalue weighted by atomic mass is 79.9. The second-order valence-electron chi connectivity index (χ2n) is 4.55. The molecule has 1 unspecified atom stereocenters. The van der Waals surface area contributed by atoms with Crippen molar-refractivity contribution in [3.63, 3.8) is 0 Å². The van der Waals surface area contributed by atoms with Crippen LogP contribution in [0.3, 0.4) is 0 Å². The highest BCUT2D eigenvalue weighted by Crippen LogP contribution is 2.19. The van der Waals surface area contributed by atoms with Crippen LogP contribution >= 0.6 is 15.9 Å². The number of carbonyl (C=O) groups is 1. The number of halogens is 1. The number of nitrogens with one attached hydrogen (secondary N) is 1. The van der Waals surface area contributed by atoms with Crippen LogP contribution < -0.4 is 5.32 Å². The molecule has 1 N–H and O–H groups in total. The number of amides is 1. The number of nitrogens with zero attached hydrogens (tertiary/aromatic N) is 1. The highest BCUT2D eigenvalue weighted by Gasteiger charge is 2.16. The number of alkyl halides is 1. The van der Waals surface area contributed by atoms with Crippen molar-refractivity contribution >= 4 is 21.8 Å². The molecule has 1 amide bonds. The van der Waals surface area contributed by atoms with Gasteiger partial charge in [0.15, 0.2) is 0 Å². The molecule has 0 spiro atoms. The van der Waals surface area contributed by atoms with Gasteiger partial charge in [-0.3, -0.25) is 9.78 Å². The maximum absolute atomic E-state index is 11.9. The third-order valence-corrected chi connectivity index (χ3v) is 4.23. The minimum Gasteiger partial charge on any atom is -0.351 e. The normalized spacial score (nSPS) is 12.5. The lowest BCUT2D eigenvalue weighted by Crippen LogP contribution is -2.33. The Kier molecular flexibility index (Phi) is 6.33. The summed E-state index contributed by atoms with van der Waals surface area (Å²) in [7, 11) is 0. The molecule has 0 saturated carbocycles. The monoisotopic (exact) mass is 312 g/mol. The molecule has 0 aromatic carbocycles. The van der Waals surface area contributed by atoms with Gasteiger partial charge in [0.2, 0.25) is 0 Å². The molecule has 0 saturated heterocycles. The summed E-state index contributed by atoms with van der Waals surface area (Å²) in [6.07, 6.45) is 5.58. The summed E-state index contributed by atoms with van der Waals surface area (Å²) >= 11 is 3.65. The largest absolute Gasteiger partial charge is 0.351 e. The third kappa shape index (κ3) is 4.41. The first-order chi connectivity index (χ1) is 8.58. The Morgan fingerprint density at radius 1 is 1.39 bits per heavy atom. The number of carbonyl (C=O) groups excluding carboxylic acids is 1. The van der Waals surface area contributed by atoms with Gasteiger partial charge in [0.1, 0.15) is 0 Å². The summed E-state index contributed by atoms with van der Waals surface area (Å²) < 4.78 is 0. The Bertz CT molecular complexity index is 391. The molecule has 0 aliphatic heterocycles. The predicted molar refractivity (Wildman–Crippen MR) is 78.1 cm³/mol. The molecule has 1 atom stereocenters. The number of hydrogen-bond donors (Lipinski definition) is 1. The van der Waals surface area contributed by atoms with E-state index in [4.69, 9.17) is 0 Å². The number of aromatic nitrogens is 1. The fourth-order valence-corrected chi connectivity index (χ4v) is 2.85. The van der Waals surface area contributed by atoms with Crippen molar-refractivity contribution in [3.8, 4) is 0 Å². The topological polar surface area (TPSA) is 42.0 Å². The number of aryl methyl sites for hydroxylation is 1. The molecule has 0 aliphatic carbocycles. The first kappa shape index (κ1) is 15.2. The molecule has 4 heteroatoms. The molecule has 0 aliphatic rings. The average molecular weight is 313 g/mol. The van der Waals surface area contributed by atoms with E-state index >= 15 is 0 Å². The molecule has 0 radical (unpaired) electrons. The lowest BCUT2D eigenvalue weighted by molar-refractivity contribution is 0.0951. The SMILES string of the molecule is CCC(CC)C(Br)CNC(=O)c1cncc(C)c1. The Labute approximate surface area is 118 Å². The first-order valence-electron chi connectivity index (χ1n) is 6.42. The molecule has 1 aromatic heterocycles. The van der Waals surface area contributed by atoms with Crippen LogP contribution in [0.2, 0.25) is 0 Å². The summed E-state index contributed by atoms with van der Waals surface area (Å²) in [5.74, 6) is 0.544. The van der Waals surface area contributed by atoms with E-state index in [1.807, 2.05) is 13.0 Å². The first-order valence-corrected chi connectivity index (χ1v) is 7.33. The molecular weight excluding hydrogens is 292 g/mol. The molecule has 0 fully saturated rings. The highest BCUT2D eigenvalue weighted by molar-refractivity contribution is 9.09. The van der Waals surface area contributed by atoms with Crippen LogP contribution in [-0.2, 0) is 0 Å².